The van der Waals surface area contributed by atoms with E-state index in [1.807, 2.05) is 72.8 Å². The van der Waals surface area contributed by atoms with E-state index < -0.39 is 12.3 Å². The topological polar surface area (TPSA) is 114 Å². The molecule has 0 aliphatic carbocycles. The molecule has 0 bridgehead atoms. The number of ether oxygens (including phenoxy) is 3. The van der Waals surface area contributed by atoms with Gasteiger partial charge >= 0.3 is 5.97 Å². The van der Waals surface area contributed by atoms with Crippen molar-refractivity contribution in [1.29, 1.82) is 0 Å². The molecule has 0 aromatic heterocycles. The Balaban J connectivity index is 1.43. The Kier molecular flexibility index (Phi) is 11.0. The smallest absolute Gasteiger partial charge is 0.303 e. The molecule has 1 saturated heterocycles. The average molecular weight is 566 g/mol. The zero-order valence-electron chi connectivity index (χ0n) is 22.5. The highest BCUT2D eigenvalue weighted by Gasteiger charge is 2.32. The van der Waals surface area contributed by atoms with Gasteiger partial charge in [0.05, 0.1) is 25.9 Å². The van der Waals surface area contributed by atoms with Crippen molar-refractivity contribution in [3.05, 3.63) is 89.5 Å². The van der Waals surface area contributed by atoms with Gasteiger partial charge in [0.2, 0.25) is 5.91 Å². The molecule has 1 heterocycles. The van der Waals surface area contributed by atoms with Gasteiger partial charge in [-0.15, -0.1) is 11.8 Å². The Morgan fingerprint density at radius 3 is 2.35 bits per heavy atom. The lowest BCUT2D eigenvalue weighted by atomic mass is 10.0. The number of para-hydroxylation sites is 1. The number of hydrogen-bond donors (Lipinski definition) is 3. The summed E-state index contributed by atoms with van der Waals surface area (Å²) in [7, 11) is 1.66. The van der Waals surface area contributed by atoms with Gasteiger partial charge in [0.15, 0.2) is 6.29 Å². The number of nitrogens with one attached hydrogen (secondary N) is 1. The summed E-state index contributed by atoms with van der Waals surface area (Å²) in [6.45, 7) is -0.0130. The number of thioether (sulfide) groups is 1. The van der Waals surface area contributed by atoms with E-state index in [4.69, 9.17) is 19.3 Å². The monoisotopic (exact) mass is 565 g/mol. The van der Waals surface area contributed by atoms with Gasteiger partial charge in [-0.1, -0.05) is 48.5 Å². The quantitative estimate of drug-likeness (QED) is 0.168. The fraction of sp³-hybridized carbons (Fsp3) is 0.355. The molecule has 1 aliphatic heterocycles. The molecule has 0 spiro atoms. The van der Waals surface area contributed by atoms with Crippen LogP contribution in [0.25, 0.3) is 0 Å². The molecule has 3 unspecified atom stereocenters. The lowest BCUT2D eigenvalue weighted by molar-refractivity contribution is -0.245. The molecule has 4 rings (SSSR count). The molecule has 40 heavy (non-hydrogen) atoms. The molecule has 1 aliphatic rings. The molecule has 212 valence electrons. The lowest BCUT2D eigenvalue weighted by Crippen LogP contribution is -2.31. The van der Waals surface area contributed by atoms with Crippen LogP contribution in [0.5, 0.6) is 5.75 Å². The molecule has 1 amide bonds. The van der Waals surface area contributed by atoms with Crippen LogP contribution in [0.3, 0.4) is 0 Å². The van der Waals surface area contributed by atoms with Gasteiger partial charge in [-0.3, -0.25) is 9.59 Å². The van der Waals surface area contributed by atoms with Crippen LogP contribution in [0.4, 0.5) is 5.69 Å². The number of anilines is 1. The number of carboxylic acids is 1. The first-order chi connectivity index (χ1) is 19.4. The Morgan fingerprint density at radius 1 is 0.950 bits per heavy atom. The Bertz CT molecular complexity index is 1250. The number of aliphatic hydroxyl groups excluding tert-OH is 1. The molecule has 3 aromatic carbocycles. The number of carbonyl (C=O) groups excluding carboxylic acids is 1. The maximum Gasteiger partial charge on any atom is 0.303 e. The van der Waals surface area contributed by atoms with Crippen LogP contribution in [0, 0.1) is 0 Å². The van der Waals surface area contributed by atoms with Crippen molar-refractivity contribution in [1.82, 2.24) is 0 Å². The van der Waals surface area contributed by atoms with Crippen molar-refractivity contribution in [2.75, 3.05) is 18.2 Å². The predicted octanol–water partition coefficient (Wildman–Crippen LogP) is 6.11. The SMILES string of the molecule is COc1ccccc1SCC1CC(c2ccc(CO)cc2)OC(c2ccc(NC(=O)CCCCC(=O)O)cc2)O1. The van der Waals surface area contributed by atoms with E-state index in [9.17, 15) is 14.7 Å². The third kappa shape index (κ3) is 8.56. The number of aliphatic hydroxyl groups is 1. The third-order valence-corrected chi connectivity index (χ3v) is 7.81. The molecule has 3 aromatic rings. The fourth-order valence-corrected chi connectivity index (χ4v) is 5.50. The molecule has 9 heteroatoms. The van der Waals surface area contributed by atoms with Gasteiger partial charge < -0.3 is 29.7 Å². The van der Waals surface area contributed by atoms with Crippen molar-refractivity contribution in [2.45, 2.75) is 62.1 Å². The third-order valence-electron chi connectivity index (χ3n) is 6.62. The van der Waals surface area contributed by atoms with Gasteiger partial charge in [0, 0.05) is 41.2 Å². The summed E-state index contributed by atoms with van der Waals surface area (Å²) in [5.41, 5.74) is 3.35. The maximum atomic E-state index is 12.2. The second-order valence-corrected chi connectivity index (χ2v) is 10.6. The highest BCUT2D eigenvalue weighted by Crippen LogP contribution is 2.40. The first-order valence-electron chi connectivity index (χ1n) is 13.3. The largest absolute Gasteiger partial charge is 0.496 e. The number of benzene rings is 3. The summed E-state index contributed by atoms with van der Waals surface area (Å²) < 4.78 is 18.3. The van der Waals surface area contributed by atoms with Crippen LogP contribution in [0.15, 0.2) is 77.7 Å². The summed E-state index contributed by atoms with van der Waals surface area (Å²) in [4.78, 5) is 23.9. The minimum atomic E-state index is -0.854. The zero-order valence-corrected chi connectivity index (χ0v) is 23.3. The summed E-state index contributed by atoms with van der Waals surface area (Å²) >= 11 is 1.68. The van der Waals surface area contributed by atoms with Crippen LogP contribution in [-0.2, 0) is 25.7 Å². The maximum absolute atomic E-state index is 12.2. The molecular weight excluding hydrogens is 530 g/mol. The minimum absolute atomic E-state index is 0.0130. The number of aliphatic carboxylic acids is 1. The van der Waals surface area contributed by atoms with Crippen LogP contribution >= 0.6 is 11.8 Å². The van der Waals surface area contributed by atoms with E-state index in [-0.39, 0.29) is 37.6 Å². The van der Waals surface area contributed by atoms with Crippen molar-refractivity contribution < 1.29 is 34.0 Å². The number of rotatable bonds is 13. The van der Waals surface area contributed by atoms with Crippen molar-refractivity contribution in [3.63, 3.8) is 0 Å². The molecule has 3 atom stereocenters. The molecular formula is C31H35NO7S. The van der Waals surface area contributed by atoms with E-state index in [1.165, 1.54) is 0 Å². The molecule has 0 radical (unpaired) electrons. The normalized spacial score (nSPS) is 18.7. The first-order valence-corrected chi connectivity index (χ1v) is 14.3. The number of carboxylic acid groups (broad SMARTS) is 1. The number of hydrogen-bond acceptors (Lipinski definition) is 7. The van der Waals surface area contributed by atoms with Gasteiger partial charge in [-0.2, -0.15) is 0 Å². The van der Waals surface area contributed by atoms with Crippen LogP contribution in [0.2, 0.25) is 0 Å². The number of amides is 1. The minimum Gasteiger partial charge on any atom is -0.496 e. The van der Waals surface area contributed by atoms with E-state index >= 15 is 0 Å². The van der Waals surface area contributed by atoms with E-state index in [0.29, 0.717) is 30.7 Å². The van der Waals surface area contributed by atoms with Gasteiger partial charge in [0.25, 0.3) is 0 Å². The van der Waals surface area contributed by atoms with Crippen molar-refractivity contribution in [3.8, 4) is 5.75 Å². The van der Waals surface area contributed by atoms with Crippen LogP contribution in [0.1, 0.15) is 61.2 Å². The van der Waals surface area contributed by atoms with E-state index in [1.54, 1.807) is 18.9 Å². The van der Waals surface area contributed by atoms with Crippen molar-refractivity contribution >= 4 is 29.3 Å². The summed E-state index contributed by atoms with van der Waals surface area (Å²) in [5.74, 6) is 0.532. The highest BCUT2D eigenvalue weighted by atomic mass is 32.2. The zero-order chi connectivity index (χ0) is 28.3. The summed E-state index contributed by atoms with van der Waals surface area (Å²) in [6, 6.07) is 23.1. The number of methoxy groups -OCH3 is 1. The second kappa shape index (κ2) is 14.9. The van der Waals surface area contributed by atoms with E-state index in [0.717, 1.165) is 27.3 Å². The number of carbonyl (C=O) groups is 2. The molecule has 0 saturated carbocycles. The van der Waals surface area contributed by atoms with Crippen LogP contribution in [-0.4, -0.2) is 41.1 Å². The molecule has 1 fully saturated rings. The Hall–Kier alpha value is -3.37. The van der Waals surface area contributed by atoms with Gasteiger partial charge in [-0.05, 0) is 48.2 Å². The van der Waals surface area contributed by atoms with E-state index in [2.05, 4.69) is 5.32 Å². The Labute approximate surface area is 238 Å². The standard InChI is InChI=1S/C31H35NO7S/c1-37-26-6-2-3-7-28(26)40-20-25-18-27(22-12-10-21(19-33)11-13-22)39-31(38-25)23-14-16-24(17-15-23)32-29(34)8-4-5-9-30(35)36/h2-3,6-7,10-17,25,27,31,33H,4-5,8-9,18-20H2,1H3,(H,32,34)(H,35,36). The summed E-state index contributed by atoms with van der Waals surface area (Å²) in [5, 5.41) is 21.0. The number of unbranched alkanes of at least 4 members (excludes halogenated alkanes) is 1. The molecule has 3 N–H and O–H groups in total. The van der Waals surface area contributed by atoms with Crippen LogP contribution < -0.4 is 10.1 Å². The predicted molar refractivity (Wildman–Crippen MR) is 153 cm³/mol. The molecule has 8 nitrogen and oxygen atoms in total. The summed E-state index contributed by atoms with van der Waals surface area (Å²) in [6.07, 6.45) is 1.11. The fourth-order valence-electron chi connectivity index (χ4n) is 4.45. The van der Waals surface area contributed by atoms with Crippen molar-refractivity contribution in [2.24, 2.45) is 0 Å². The highest BCUT2D eigenvalue weighted by molar-refractivity contribution is 7.99. The first kappa shape index (κ1) is 29.6. The van der Waals surface area contributed by atoms with Gasteiger partial charge in [0.1, 0.15) is 5.75 Å². The second-order valence-electron chi connectivity index (χ2n) is 9.58. The lowest BCUT2D eigenvalue weighted by Gasteiger charge is -2.36. The Morgan fingerprint density at radius 2 is 1.65 bits per heavy atom. The van der Waals surface area contributed by atoms with Gasteiger partial charge in [-0.25, -0.2) is 0 Å². The average Bonchev–Trinajstić information content (AvgIpc) is 2.98.